The number of hydrogen-bond acceptors (Lipinski definition) is 5. The summed E-state index contributed by atoms with van der Waals surface area (Å²) in [5.74, 6) is -0.566. The lowest BCUT2D eigenvalue weighted by atomic mass is 9.96. The number of nitrogens with zero attached hydrogens (tertiary/aromatic N) is 1. The quantitative estimate of drug-likeness (QED) is 0.464. The maximum atomic E-state index is 13.8. The van der Waals surface area contributed by atoms with Crippen LogP contribution in [0, 0.1) is 19.8 Å². The lowest BCUT2D eigenvalue weighted by Gasteiger charge is -2.36. The summed E-state index contributed by atoms with van der Waals surface area (Å²) in [6, 6.07) is 3.48. The number of aryl methyl sites for hydroxylation is 2. The summed E-state index contributed by atoms with van der Waals surface area (Å²) in [7, 11) is 0. The zero-order valence-electron chi connectivity index (χ0n) is 22.5. The van der Waals surface area contributed by atoms with E-state index in [2.05, 4.69) is 17.6 Å². The van der Waals surface area contributed by atoms with E-state index in [1.807, 2.05) is 45.9 Å². The number of hydrogen-bond donors (Lipinski definition) is 3. The Balaban J connectivity index is 2.47. The van der Waals surface area contributed by atoms with Gasteiger partial charge in [-0.05, 0) is 71.4 Å². The third-order valence-corrected chi connectivity index (χ3v) is 6.21. The molecule has 1 aliphatic carbocycles. The predicted molar refractivity (Wildman–Crippen MR) is 136 cm³/mol. The maximum absolute atomic E-state index is 13.8. The third-order valence-electron chi connectivity index (χ3n) is 6.21. The van der Waals surface area contributed by atoms with Crippen molar-refractivity contribution in [2.45, 2.75) is 104 Å². The van der Waals surface area contributed by atoms with Crippen molar-refractivity contribution in [1.82, 2.24) is 15.5 Å². The fourth-order valence-electron chi connectivity index (χ4n) is 4.36. The van der Waals surface area contributed by atoms with Gasteiger partial charge in [0.05, 0.1) is 6.61 Å². The van der Waals surface area contributed by atoms with Gasteiger partial charge >= 0.3 is 6.09 Å². The van der Waals surface area contributed by atoms with Crippen LogP contribution in [0.25, 0.3) is 0 Å². The van der Waals surface area contributed by atoms with Gasteiger partial charge in [-0.2, -0.15) is 0 Å². The number of alkyl carbamates (subject to hydrolysis) is 1. The van der Waals surface area contributed by atoms with Crippen LogP contribution in [0.3, 0.4) is 0 Å². The molecule has 5 atom stereocenters. The molecule has 0 heterocycles. The van der Waals surface area contributed by atoms with Gasteiger partial charge in [0, 0.05) is 12.1 Å². The van der Waals surface area contributed by atoms with Crippen LogP contribution in [0.2, 0.25) is 0 Å². The van der Waals surface area contributed by atoms with Gasteiger partial charge in [0.2, 0.25) is 11.8 Å². The number of nitrogens with one attached hydrogen (secondary N) is 2. The molecule has 5 unspecified atom stereocenters. The number of aliphatic hydroxyl groups excluding tert-OH is 1. The normalized spacial score (nSPS) is 19.8. The van der Waals surface area contributed by atoms with E-state index in [1.54, 1.807) is 25.7 Å². The minimum atomic E-state index is -1.23. The highest BCUT2D eigenvalue weighted by Gasteiger charge is 2.48. The van der Waals surface area contributed by atoms with Crippen LogP contribution in [0.5, 0.6) is 0 Å². The SMILES string of the molecule is CCCC(C)NC(=O)C(c1ccc(C)cc1C)N(C(=O)C(CO)NC(=O)OC(C)(C)C)C1CC1C. The first-order valence-corrected chi connectivity index (χ1v) is 12.6. The van der Waals surface area contributed by atoms with E-state index < -0.39 is 36.3 Å². The van der Waals surface area contributed by atoms with Crippen LogP contribution in [0.15, 0.2) is 18.2 Å². The van der Waals surface area contributed by atoms with Crippen molar-refractivity contribution in [2.24, 2.45) is 5.92 Å². The molecule has 0 aromatic heterocycles. The van der Waals surface area contributed by atoms with Gasteiger partial charge in [-0.3, -0.25) is 9.59 Å². The second-order valence-electron chi connectivity index (χ2n) is 10.9. The summed E-state index contributed by atoms with van der Waals surface area (Å²) in [5.41, 5.74) is 1.94. The highest BCUT2D eigenvalue weighted by Crippen LogP contribution is 2.41. The molecule has 2 rings (SSSR count). The molecule has 1 saturated carbocycles. The monoisotopic (exact) mass is 489 g/mol. The highest BCUT2D eigenvalue weighted by molar-refractivity contribution is 5.93. The number of ether oxygens (including phenoxy) is 1. The molecule has 3 amide bonds. The molecule has 1 aromatic rings. The average Bonchev–Trinajstić information content (AvgIpc) is 3.44. The van der Waals surface area contributed by atoms with E-state index in [1.165, 1.54) is 0 Å². The molecule has 35 heavy (non-hydrogen) atoms. The van der Waals surface area contributed by atoms with Crippen molar-refractivity contribution in [3.8, 4) is 0 Å². The molecule has 8 nitrogen and oxygen atoms in total. The van der Waals surface area contributed by atoms with Gasteiger partial charge in [-0.1, -0.05) is 44.0 Å². The fourth-order valence-corrected chi connectivity index (χ4v) is 4.36. The Morgan fingerprint density at radius 2 is 1.83 bits per heavy atom. The summed E-state index contributed by atoms with van der Waals surface area (Å²) < 4.78 is 5.29. The van der Waals surface area contributed by atoms with Crippen molar-refractivity contribution in [3.63, 3.8) is 0 Å². The van der Waals surface area contributed by atoms with Crippen molar-refractivity contribution < 1.29 is 24.2 Å². The van der Waals surface area contributed by atoms with Crippen LogP contribution < -0.4 is 10.6 Å². The Morgan fingerprint density at radius 3 is 2.31 bits per heavy atom. The second-order valence-corrected chi connectivity index (χ2v) is 10.9. The van der Waals surface area contributed by atoms with Gasteiger partial charge < -0.3 is 25.4 Å². The van der Waals surface area contributed by atoms with E-state index in [4.69, 9.17) is 4.74 Å². The highest BCUT2D eigenvalue weighted by atomic mass is 16.6. The average molecular weight is 490 g/mol. The molecule has 196 valence electrons. The van der Waals surface area contributed by atoms with Gasteiger partial charge in [0.1, 0.15) is 17.7 Å². The van der Waals surface area contributed by atoms with Crippen molar-refractivity contribution in [1.29, 1.82) is 0 Å². The van der Waals surface area contributed by atoms with Crippen molar-refractivity contribution in [3.05, 3.63) is 34.9 Å². The first-order chi connectivity index (χ1) is 16.3. The molecule has 0 aliphatic heterocycles. The zero-order chi connectivity index (χ0) is 26.5. The molecule has 0 bridgehead atoms. The minimum Gasteiger partial charge on any atom is -0.444 e. The molecule has 0 saturated heterocycles. The van der Waals surface area contributed by atoms with Gasteiger partial charge in [0.25, 0.3) is 0 Å². The van der Waals surface area contributed by atoms with Crippen LogP contribution in [-0.2, 0) is 14.3 Å². The van der Waals surface area contributed by atoms with Crippen molar-refractivity contribution in [2.75, 3.05) is 6.61 Å². The molecule has 1 fully saturated rings. The summed E-state index contributed by atoms with van der Waals surface area (Å²) in [6.45, 7) is 14.5. The van der Waals surface area contributed by atoms with Crippen molar-refractivity contribution >= 4 is 17.9 Å². The molecule has 1 aliphatic rings. The summed E-state index contributed by atoms with van der Waals surface area (Å²) in [6.07, 6.45) is 1.69. The van der Waals surface area contributed by atoms with E-state index in [-0.39, 0.29) is 23.9 Å². The Kier molecular flexibility index (Phi) is 9.72. The zero-order valence-corrected chi connectivity index (χ0v) is 22.5. The molecule has 8 heteroatoms. The molecule has 0 radical (unpaired) electrons. The fraction of sp³-hybridized carbons (Fsp3) is 0.667. The molecule has 1 aromatic carbocycles. The van der Waals surface area contributed by atoms with E-state index in [9.17, 15) is 19.5 Å². The van der Waals surface area contributed by atoms with E-state index in [0.29, 0.717) is 0 Å². The van der Waals surface area contributed by atoms with Gasteiger partial charge in [-0.15, -0.1) is 0 Å². The smallest absolute Gasteiger partial charge is 0.408 e. The number of carbonyl (C=O) groups is 3. The maximum Gasteiger partial charge on any atom is 0.408 e. The summed E-state index contributed by atoms with van der Waals surface area (Å²) in [4.78, 5) is 41.5. The number of benzene rings is 1. The lowest BCUT2D eigenvalue weighted by Crippen LogP contribution is -2.55. The van der Waals surface area contributed by atoms with Gasteiger partial charge in [-0.25, -0.2) is 4.79 Å². The Morgan fingerprint density at radius 1 is 1.20 bits per heavy atom. The number of rotatable bonds is 10. The molecule has 0 spiro atoms. The second kappa shape index (κ2) is 11.9. The number of amides is 3. The van der Waals surface area contributed by atoms with E-state index >= 15 is 0 Å². The Labute approximate surface area is 209 Å². The van der Waals surface area contributed by atoms with Gasteiger partial charge in [0.15, 0.2) is 0 Å². The predicted octanol–water partition coefficient (Wildman–Crippen LogP) is 3.77. The van der Waals surface area contributed by atoms with Crippen LogP contribution in [0.4, 0.5) is 4.79 Å². The third kappa shape index (κ3) is 7.95. The molecular weight excluding hydrogens is 446 g/mol. The van der Waals surface area contributed by atoms with Crippen LogP contribution >= 0.6 is 0 Å². The minimum absolute atomic E-state index is 0.0529. The largest absolute Gasteiger partial charge is 0.444 e. The standard InChI is InChI=1S/C27H43N3O5/c1-9-10-19(5)28-24(32)23(20-12-11-16(2)13-17(20)3)30(22-14-18(22)4)25(33)21(15-31)29-26(34)35-27(6,7)8/h11-13,18-19,21-23,31H,9-10,14-15H2,1-8H3,(H,28,32)(H,29,34). The topological polar surface area (TPSA) is 108 Å². The number of carbonyl (C=O) groups excluding carboxylic acids is 3. The molecule has 3 N–H and O–H groups in total. The first kappa shape index (κ1) is 28.6. The Hall–Kier alpha value is -2.61. The lowest BCUT2D eigenvalue weighted by molar-refractivity contribution is -0.144. The summed E-state index contributed by atoms with van der Waals surface area (Å²) >= 11 is 0. The van der Waals surface area contributed by atoms with Crippen LogP contribution in [0.1, 0.15) is 83.5 Å². The van der Waals surface area contributed by atoms with E-state index in [0.717, 1.165) is 36.0 Å². The number of aliphatic hydroxyl groups is 1. The summed E-state index contributed by atoms with van der Waals surface area (Å²) in [5, 5.41) is 15.6. The molecular formula is C27H43N3O5. The first-order valence-electron chi connectivity index (χ1n) is 12.6. The van der Waals surface area contributed by atoms with Crippen LogP contribution in [-0.4, -0.2) is 58.2 Å². The Bertz CT molecular complexity index is 911.